The highest BCUT2D eigenvalue weighted by Crippen LogP contribution is 2.19. The van der Waals surface area contributed by atoms with E-state index in [4.69, 9.17) is 4.74 Å². The molecule has 7 nitrogen and oxygen atoms in total. The summed E-state index contributed by atoms with van der Waals surface area (Å²) in [5, 5.41) is 5.04. The number of hydrogen-bond acceptors (Lipinski definition) is 4. The molecule has 0 spiro atoms. The Morgan fingerprint density at radius 2 is 1.77 bits per heavy atom. The molecule has 0 radical (unpaired) electrons. The number of aryl methyl sites for hydroxylation is 1. The molecule has 0 aliphatic heterocycles. The number of urea groups is 1. The van der Waals surface area contributed by atoms with Crippen LogP contribution in [-0.4, -0.2) is 36.6 Å². The number of ether oxygens (including phenoxy) is 1. The lowest BCUT2D eigenvalue weighted by Gasteiger charge is -2.25. The van der Waals surface area contributed by atoms with E-state index < -0.39 is 42.4 Å². The van der Waals surface area contributed by atoms with Crippen molar-refractivity contribution in [2.24, 2.45) is 0 Å². The van der Waals surface area contributed by atoms with Gasteiger partial charge in [0.2, 0.25) is 5.91 Å². The molecular formula is C22H26FN3O4. The highest BCUT2D eigenvalue weighted by molar-refractivity contribution is 6.01. The molecule has 0 heterocycles. The standard InChI is InChI=1S/C22H26FN3O4/c1-15-8-7-9-16(12-15)25-21(29)24-13-19(27)26(14-20(28)30-22(2,3)4)18-11-6-5-10-17(18)23/h5-12H,13-14H2,1-4H3,(H2,24,25,29). The zero-order chi connectivity index (χ0) is 22.3. The topological polar surface area (TPSA) is 87.7 Å². The van der Waals surface area contributed by atoms with Crippen LogP contribution in [0.15, 0.2) is 48.5 Å². The van der Waals surface area contributed by atoms with Crippen LogP contribution in [0.5, 0.6) is 0 Å². The summed E-state index contributed by atoms with van der Waals surface area (Å²) in [4.78, 5) is 38.0. The van der Waals surface area contributed by atoms with E-state index in [0.717, 1.165) is 10.5 Å². The number of benzene rings is 2. The number of esters is 1. The highest BCUT2D eigenvalue weighted by atomic mass is 19.1. The van der Waals surface area contributed by atoms with Gasteiger partial charge in [0.25, 0.3) is 0 Å². The summed E-state index contributed by atoms with van der Waals surface area (Å²) in [6.45, 7) is 6.04. The second-order valence-corrected chi connectivity index (χ2v) is 7.69. The molecule has 0 fully saturated rings. The van der Waals surface area contributed by atoms with Gasteiger partial charge in [0, 0.05) is 5.69 Å². The average molecular weight is 415 g/mol. The summed E-state index contributed by atoms with van der Waals surface area (Å²) in [5.74, 6) is -2.02. The van der Waals surface area contributed by atoms with Crippen LogP contribution in [0.3, 0.4) is 0 Å². The molecular weight excluding hydrogens is 389 g/mol. The number of rotatable bonds is 6. The molecule has 2 N–H and O–H groups in total. The van der Waals surface area contributed by atoms with Crippen LogP contribution >= 0.6 is 0 Å². The molecule has 30 heavy (non-hydrogen) atoms. The minimum absolute atomic E-state index is 0.0748. The second-order valence-electron chi connectivity index (χ2n) is 7.69. The molecule has 2 rings (SSSR count). The largest absolute Gasteiger partial charge is 0.459 e. The van der Waals surface area contributed by atoms with Crippen molar-refractivity contribution in [3.63, 3.8) is 0 Å². The summed E-state index contributed by atoms with van der Waals surface area (Å²) >= 11 is 0. The fourth-order valence-electron chi connectivity index (χ4n) is 2.63. The van der Waals surface area contributed by atoms with Gasteiger partial charge in [-0.2, -0.15) is 0 Å². The molecule has 8 heteroatoms. The molecule has 3 amide bonds. The molecule has 0 bridgehead atoms. The summed E-state index contributed by atoms with van der Waals surface area (Å²) in [6.07, 6.45) is 0. The summed E-state index contributed by atoms with van der Waals surface area (Å²) in [5.41, 5.74) is 0.702. The van der Waals surface area contributed by atoms with Crippen LogP contribution in [0.1, 0.15) is 26.3 Å². The van der Waals surface area contributed by atoms with E-state index in [1.807, 2.05) is 13.0 Å². The van der Waals surface area contributed by atoms with Gasteiger partial charge in [0.05, 0.1) is 12.2 Å². The van der Waals surface area contributed by atoms with Crippen molar-refractivity contribution in [1.29, 1.82) is 0 Å². The fraction of sp³-hybridized carbons (Fsp3) is 0.318. The molecule has 2 aromatic rings. The van der Waals surface area contributed by atoms with Crippen molar-refractivity contribution >= 4 is 29.3 Å². The third-order valence-electron chi connectivity index (χ3n) is 3.83. The van der Waals surface area contributed by atoms with Gasteiger partial charge in [0.15, 0.2) is 0 Å². The lowest BCUT2D eigenvalue weighted by Crippen LogP contribution is -2.45. The van der Waals surface area contributed by atoms with Gasteiger partial charge in [0.1, 0.15) is 18.0 Å². The third kappa shape index (κ3) is 7.20. The first-order valence-electron chi connectivity index (χ1n) is 9.43. The van der Waals surface area contributed by atoms with E-state index in [0.29, 0.717) is 5.69 Å². The van der Waals surface area contributed by atoms with Gasteiger partial charge in [-0.05, 0) is 57.5 Å². The van der Waals surface area contributed by atoms with Crippen LogP contribution in [0, 0.1) is 12.7 Å². The monoisotopic (exact) mass is 415 g/mol. The molecule has 0 unspecified atom stereocenters. The Kier molecular flexibility index (Phi) is 7.52. The maximum atomic E-state index is 14.3. The normalized spacial score (nSPS) is 10.8. The summed E-state index contributed by atoms with van der Waals surface area (Å²) < 4.78 is 19.5. The maximum absolute atomic E-state index is 14.3. The first kappa shape index (κ1) is 22.9. The van der Waals surface area contributed by atoms with Crippen LogP contribution < -0.4 is 15.5 Å². The van der Waals surface area contributed by atoms with E-state index >= 15 is 0 Å². The minimum atomic E-state index is -0.757. The summed E-state index contributed by atoms with van der Waals surface area (Å²) in [7, 11) is 0. The molecule has 0 aliphatic rings. The van der Waals surface area contributed by atoms with Crippen molar-refractivity contribution < 1.29 is 23.5 Å². The molecule has 160 valence electrons. The van der Waals surface area contributed by atoms with Crippen molar-refractivity contribution in [2.45, 2.75) is 33.3 Å². The van der Waals surface area contributed by atoms with Gasteiger partial charge in [-0.1, -0.05) is 24.3 Å². The number of nitrogens with zero attached hydrogens (tertiary/aromatic N) is 1. The quantitative estimate of drug-likeness (QED) is 0.706. The SMILES string of the molecule is Cc1cccc(NC(=O)NCC(=O)N(CC(=O)OC(C)(C)C)c2ccccc2F)c1. The third-order valence-corrected chi connectivity index (χ3v) is 3.83. The van der Waals surface area contributed by atoms with Gasteiger partial charge in [-0.3, -0.25) is 14.5 Å². The minimum Gasteiger partial charge on any atom is -0.459 e. The molecule has 0 saturated carbocycles. The number of carbonyl (C=O) groups is 3. The predicted molar refractivity (Wildman–Crippen MR) is 113 cm³/mol. The van der Waals surface area contributed by atoms with Crippen LogP contribution in [-0.2, 0) is 14.3 Å². The Morgan fingerprint density at radius 3 is 2.40 bits per heavy atom. The Bertz CT molecular complexity index is 925. The first-order chi connectivity index (χ1) is 14.0. The van der Waals surface area contributed by atoms with Crippen LogP contribution in [0.25, 0.3) is 0 Å². The number of carbonyl (C=O) groups excluding carboxylic acids is 3. The lowest BCUT2D eigenvalue weighted by molar-refractivity contribution is -0.153. The number of nitrogens with one attached hydrogen (secondary N) is 2. The number of halogens is 1. The van der Waals surface area contributed by atoms with Gasteiger partial charge in [-0.15, -0.1) is 0 Å². The number of anilines is 2. The molecule has 2 aromatic carbocycles. The smallest absolute Gasteiger partial charge is 0.326 e. The number of hydrogen-bond donors (Lipinski definition) is 2. The second kappa shape index (κ2) is 9.87. The number of para-hydroxylation sites is 1. The van der Waals surface area contributed by atoms with Crippen molar-refractivity contribution in [3.05, 3.63) is 59.9 Å². The van der Waals surface area contributed by atoms with Crippen LogP contribution in [0.4, 0.5) is 20.6 Å². The highest BCUT2D eigenvalue weighted by Gasteiger charge is 2.25. The Balaban J connectivity index is 2.07. The first-order valence-corrected chi connectivity index (χ1v) is 9.43. The van der Waals surface area contributed by atoms with E-state index in [1.165, 1.54) is 18.2 Å². The molecule has 0 atom stereocenters. The van der Waals surface area contributed by atoms with E-state index in [-0.39, 0.29) is 5.69 Å². The number of amides is 3. The van der Waals surface area contributed by atoms with Gasteiger partial charge >= 0.3 is 12.0 Å². The Labute approximate surface area is 175 Å². The molecule has 0 aromatic heterocycles. The zero-order valence-electron chi connectivity index (χ0n) is 17.5. The lowest BCUT2D eigenvalue weighted by atomic mass is 10.2. The average Bonchev–Trinajstić information content (AvgIpc) is 2.63. The van der Waals surface area contributed by atoms with Crippen molar-refractivity contribution in [1.82, 2.24) is 5.32 Å². The Hall–Kier alpha value is -3.42. The van der Waals surface area contributed by atoms with Crippen molar-refractivity contribution in [2.75, 3.05) is 23.3 Å². The fourth-order valence-corrected chi connectivity index (χ4v) is 2.63. The van der Waals surface area contributed by atoms with Crippen LogP contribution in [0.2, 0.25) is 0 Å². The van der Waals surface area contributed by atoms with Crippen molar-refractivity contribution in [3.8, 4) is 0 Å². The van der Waals surface area contributed by atoms with Gasteiger partial charge in [-0.25, -0.2) is 9.18 Å². The van der Waals surface area contributed by atoms with E-state index in [1.54, 1.807) is 45.0 Å². The summed E-state index contributed by atoms with van der Waals surface area (Å²) in [6, 6.07) is 12.1. The molecule has 0 saturated heterocycles. The Morgan fingerprint density at radius 1 is 1.07 bits per heavy atom. The van der Waals surface area contributed by atoms with Gasteiger partial charge < -0.3 is 15.4 Å². The van der Waals surface area contributed by atoms with E-state index in [9.17, 15) is 18.8 Å². The maximum Gasteiger partial charge on any atom is 0.326 e. The molecule has 0 aliphatic carbocycles. The van der Waals surface area contributed by atoms with E-state index in [2.05, 4.69) is 10.6 Å². The predicted octanol–water partition coefficient (Wildman–Crippen LogP) is 3.63. The zero-order valence-corrected chi connectivity index (χ0v) is 17.5.